The maximum Gasteiger partial charge on any atom is 0.182 e. The molecule has 1 aromatic rings. The van der Waals surface area contributed by atoms with Gasteiger partial charge in [-0.15, -0.1) is 0 Å². The molecule has 17 heavy (non-hydrogen) atoms. The molecule has 0 aliphatic heterocycles. The summed E-state index contributed by atoms with van der Waals surface area (Å²) in [6, 6.07) is 5.46. The molecule has 5 nitrogen and oxygen atoms in total. The van der Waals surface area contributed by atoms with E-state index in [9.17, 15) is 0 Å². The van der Waals surface area contributed by atoms with Crippen LogP contribution >= 0.6 is 0 Å². The summed E-state index contributed by atoms with van der Waals surface area (Å²) in [5.74, 6) is 0.520. The van der Waals surface area contributed by atoms with Crippen LogP contribution in [0, 0.1) is 11.3 Å². The third-order valence-corrected chi connectivity index (χ3v) is 2.00. The molecule has 0 amide bonds. The standard InChI is InChI=1S/C12H16N2O3/c1-15-8-9-16-6-3-7-17-12-4-2-5-14-11(12)10-13/h2,4-5H,3,6-9H2,1H3. The Balaban J connectivity index is 2.16. The van der Waals surface area contributed by atoms with E-state index in [0.29, 0.717) is 37.9 Å². The minimum Gasteiger partial charge on any atom is -0.490 e. The van der Waals surface area contributed by atoms with Gasteiger partial charge in [0, 0.05) is 26.3 Å². The highest BCUT2D eigenvalue weighted by Gasteiger charge is 2.02. The minimum atomic E-state index is 0.313. The molecule has 5 heteroatoms. The van der Waals surface area contributed by atoms with Crippen molar-refractivity contribution in [3.8, 4) is 11.8 Å². The molecule has 0 saturated carbocycles. The van der Waals surface area contributed by atoms with E-state index >= 15 is 0 Å². The molecular weight excluding hydrogens is 220 g/mol. The van der Waals surface area contributed by atoms with Gasteiger partial charge in [-0.05, 0) is 12.1 Å². The summed E-state index contributed by atoms with van der Waals surface area (Å²) in [6.45, 7) is 2.31. The molecule has 0 radical (unpaired) electrons. The lowest BCUT2D eigenvalue weighted by Crippen LogP contribution is -2.07. The molecule has 0 spiro atoms. The van der Waals surface area contributed by atoms with E-state index in [1.54, 1.807) is 25.4 Å². The Bertz CT molecular complexity index is 363. The smallest absolute Gasteiger partial charge is 0.182 e. The number of rotatable bonds is 8. The molecular formula is C12H16N2O3. The Labute approximate surface area is 101 Å². The van der Waals surface area contributed by atoms with Gasteiger partial charge in [0.05, 0.1) is 19.8 Å². The molecule has 0 saturated heterocycles. The molecule has 1 aromatic heterocycles. The molecule has 0 fully saturated rings. The summed E-state index contributed by atoms with van der Waals surface area (Å²) in [7, 11) is 1.64. The Kier molecular flexibility index (Phi) is 6.72. The number of aromatic nitrogens is 1. The zero-order valence-corrected chi connectivity index (χ0v) is 9.89. The number of nitriles is 1. The van der Waals surface area contributed by atoms with Gasteiger partial charge in [-0.1, -0.05) is 0 Å². The van der Waals surface area contributed by atoms with E-state index in [1.165, 1.54) is 0 Å². The predicted octanol–water partition coefficient (Wildman–Crippen LogP) is 1.39. The molecule has 0 aromatic carbocycles. The van der Waals surface area contributed by atoms with Crippen LogP contribution in [0.25, 0.3) is 0 Å². The first-order valence-electron chi connectivity index (χ1n) is 5.43. The number of hydrogen-bond donors (Lipinski definition) is 0. The topological polar surface area (TPSA) is 64.4 Å². The number of nitrogens with zero attached hydrogens (tertiary/aromatic N) is 2. The van der Waals surface area contributed by atoms with Gasteiger partial charge in [-0.25, -0.2) is 4.98 Å². The lowest BCUT2D eigenvalue weighted by molar-refractivity contribution is 0.0644. The Morgan fingerprint density at radius 1 is 1.29 bits per heavy atom. The van der Waals surface area contributed by atoms with Crippen molar-refractivity contribution in [2.24, 2.45) is 0 Å². The first-order chi connectivity index (χ1) is 8.38. The quantitative estimate of drug-likeness (QED) is 0.638. The largest absolute Gasteiger partial charge is 0.490 e. The second kappa shape index (κ2) is 8.50. The van der Waals surface area contributed by atoms with Crippen LogP contribution in [0.2, 0.25) is 0 Å². The Morgan fingerprint density at radius 3 is 2.94 bits per heavy atom. The van der Waals surface area contributed by atoms with Gasteiger partial charge in [0.1, 0.15) is 6.07 Å². The van der Waals surface area contributed by atoms with Gasteiger partial charge in [0.15, 0.2) is 11.4 Å². The third-order valence-electron chi connectivity index (χ3n) is 2.00. The zero-order valence-electron chi connectivity index (χ0n) is 9.89. The van der Waals surface area contributed by atoms with E-state index in [1.807, 2.05) is 6.07 Å². The van der Waals surface area contributed by atoms with Gasteiger partial charge in [-0.2, -0.15) is 5.26 Å². The van der Waals surface area contributed by atoms with Crippen LogP contribution in [-0.4, -0.2) is 38.5 Å². The van der Waals surface area contributed by atoms with Crippen molar-refractivity contribution < 1.29 is 14.2 Å². The number of hydrogen-bond acceptors (Lipinski definition) is 5. The fourth-order valence-corrected chi connectivity index (χ4v) is 1.18. The normalized spacial score (nSPS) is 9.88. The molecule has 92 valence electrons. The summed E-state index contributed by atoms with van der Waals surface area (Å²) in [6.07, 6.45) is 2.34. The van der Waals surface area contributed by atoms with Crippen molar-refractivity contribution in [2.45, 2.75) is 6.42 Å². The molecule has 0 bridgehead atoms. The zero-order chi connectivity index (χ0) is 12.3. The van der Waals surface area contributed by atoms with Gasteiger partial charge in [-0.3, -0.25) is 0 Å². The van der Waals surface area contributed by atoms with Gasteiger partial charge < -0.3 is 14.2 Å². The van der Waals surface area contributed by atoms with Crippen LogP contribution in [0.5, 0.6) is 5.75 Å². The highest BCUT2D eigenvalue weighted by Crippen LogP contribution is 2.13. The summed E-state index contributed by atoms with van der Waals surface area (Å²) < 4.78 is 15.6. The lowest BCUT2D eigenvalue weighted by Gasteiger charge is -2.07. The number of methoxy groups -OCH3 is 1. The van der Waals surface area contributed by atoms with Crippen LogP contribution in [0.15, 0.2) is 18.3 Å². The summed E-state index contributed by atoms with van der Waals surface area (Å²) in [5, 5.41) is 8.79. The molecule has 0 aliphatic carbocycles. The second-order valence-corrected chi connectivity index (χ2v) is 3.27. The van der Waals surface area contributed by atoms with E-state index < -0.39 is 0 Å². The predicted molar refractivity (Wildman–Crippen MR) is 61.8 cm³/mol. The Morgan fingerprint density at radius 2 is 2.18 bits per heavy atom. The summed E-state index contributed by atoms with van der Waals surface area (Å²) in [4.78, 5) is 3.90. The van der Waals surface area contributed by atoms with Crippen LogP contribution in [0.3, 0.4) is 0 Å². The van der Waals surface area contributed by atoms with Gasteiger partial charge >= 0.3 is 0 Å². The van der Waals surface area contributed by atoms with Crippen LogP contribution in [0.4, 0.5) is 0 Å². The summed E-state index contributed by atoms with van der Waals surface area (Å²) >= 11 is 0. The lowest BCUT2D eigenvalue weighted by atomic mass is 10.3. The average molecular weight is 236 g/mol. The van der Waals surface area contributed by atoms with Crippen molar-refractivity contribution in [1.82, 2.24) is 4.98 Å². The molecule has 1 heterocycles. The van der Waals surface area contributed by atoms with Crippen LogP contribution in [0.1, 0.15) is 12.1 Å². The first kappa shape index (κ1) is 13.4. The van der Waals surface area contributed by atoms with E-state index in [0.717, 1.165) is 6.42 Å². The van der Waals surface area contributed by atoms with Crippen molar-refractivity contribution >= 4 is 0 Å². The molecule has 1 rings (SSSR count). The molecule has 0 atom stereocenters. The fraction of sp³-hybridized carbons (Fsp3) is 0.500. The van der Waals surface area contributed by atoms with Gasteiger partial charge in [0.25, 0.3) is 0 Å². The van der Waals surface area contributed by atoms with E-state index in [-0.39, 0.29) is 0 Å². The van der Waals surface area contributed by atoms with Crippen LogP contribution in [-0.2, 0) is 9.47 Å². The van der Waals surface area contributed by atoms with Crippen molar-refractivity contribution in [1.29, 1.82) is 5.26 Å². The molecule has 0 N–H and O–H groups in total. The van der Waals surface area contributed by atoms with E-state index in [2.05, 4.69) is 4.98 Å². The van der Waals surface area contributed by atoms with E-state index in [4.69, 9.17) is 19.5 Å². The average Bonchev–Trinajstić information content (AvgIpc) is 2.38. The van der Waals surface area contributed by atoms with Crippen molar-refractivity contribution in [3.63, 3.8) is 0 Å². The maximum atomic E-state index is 8.79. The molecule has 0 aliphatic rings. The third kappa shape index (κ3) is 5.29. The Hall–Kier alpha value is -1.64. The SMILES string of the molecule is COCCOCCCOc1cccnc1C#N. The number of pyridine rings is 1. The first-order valence-corrected chi connectivity index (χ1v) is 5.43. The van der Waals surface area contributed by atoms with Crippen LogP contribution < -0.4 is 4.74 Å². The highest BCUT2D eigenvalue weighted by molar-refractivity contribution is 5.36. The summed E-state index contributed by atoms with van der Waals surface area (Å²) in [5.41, 5.74) is 0.313. The van der Waals surface area contributed by atoms with Gasteiger partial charge in [0.2, 0.25) is 0 Å². The minimum absolute atomic E-state index is 0.313. The second-order valence-electron chi connectivity index (χ2n) is 3.27. The van der Waals surface area contributed by atoms with Crippen molar-refractivity contribution in [2.75, 3.05) is 33.5 Å². The monoisotopic (exact) mass is 236 g/mol. The highest BCUT2D eigenvalue weighted by atomic mass is 16.5. The fourth-order valence-electron chi connectivity index (χ4n) is 1.18. The maximum absolute atomic E-state index is 8.79. The molecule has 0 unspecified atom stereocenters. The van der Waals surface area contributed by atoms with Crippen molar-refractivity contribution in [3.05, 3.63) is 24.0 Å². The number of ether oxygens (including phenoxy) is 3.